The zero-order chi connectivity index (χ0) is 14.8. The van der Waals surface area contributed by atoms with E-state index in [2.05, 4.69) is 4.98 Å². The van der Waals surface area contributed by atoms with E-state index in [9.17, 15) is 5.11 Å². The molecule has 0 bridgehead atoms. The van der Waals surface area contributed by atoms with Crippen LogP contribution in [0.4, 0.5) is 0 Å². The minimum Gasteiger partial charge on any atom is -0.490 e. The van der Waals surface area contributed by atoms with E-state index < -0.39 is 6.10 Å². The Balaban J connectivity index is 1.80. The number of aromatic nitrogens is 2. The topological polar surface area (TPSA) is 56.5 Å². The van der Waals surface area contributed by atoms with Crippen molar-refractivity contribution >= 4 is 0 Å². The molecule has 2 aromatic rings. The average Bonchev–Trinajstić information content (AvgIpc) is 2.71. The lowest BCUT2D eigenvalue weighted by atomic mass is 10.1. The van der Waals surface area contributed by atoms with Crippen LogP contribution in [0.15, 0.2) is 24.5 Å². The van der Waals surface area contributed by atoms with Crippen LogP contribution in [0.5, 0.6) is 11.5 Å². The van der Waals surface area contributed by atoms with Gasteiger partial charge in [0.05, 0.1) is 37.9 Å². The van der Waals surface area contributed by atoms with E-state index in [4.69, 9.17) is 9.47 Å². The van der Waals surface area contributed by atoms with Crippen molar-refractivity contribution in [3.8, 4) is 11.5 Å². The zero-order valence-electron chi connectivity index (χ0n) is 12.4. The normalized spacial score (nSPS) is 15.6. The van der Waals surface area contributed by atoms with Gasteiger partial charge in [0.15, 0.2) is 11.5 Å². The number of aliphatic hydroxyl groups excluding tert-OH is 1. The van der Waals surface area contributed by atoms with Crippen molar-refractivity contribution < 1.29 is 14.6 Å². The number of hydrogen-bond acceptors (Lipinski definition) is 4. The van der Waals surface area contributed by atoms with Gasteiger partial charge in [-0.15, -0.1) is 0 Å². The zero-order valence-corrected chi connectivity index (χ0v) is 12.4. The van der Waals surface area contributed by atoms with Gasteiger partial charge in [0, 0.05) is 12.1 Å². The summed E-state index contributed by atoms with van der Waals surface area (Å²) in [6.45, 7) is 5.76. The summed E-state index contributed by atoms with van der Waals surface area (Å²) in [6.07, 6.45) is 2.03. The maximum atomic E-state index is 10.4. The quantitative estimate of drug-likeness (QED) is 0.942. The second-order valence-electron chi connectivity index (χ2n) is 5.34. The number of ether oxygens (including phenoxy) is 2. The van der Waals surface area contributed by atoms with E-state index >= 15 is 0 Å². The molecule has 5 heteroatoms. The third-order valence-electron chi connectivity index (χ3n) is 3.87. The van der Waals surface area contributed by atoms with Crippen molar-refractivity contribution in [3.63, 3.8) is 0 Å². The molecule has 0 radical (unpaired) electrons. The van der Waals surface area contributed by atoms with Crippen molar-refractivity contribution in [1.29, 1.82) is 0 Å². The number of fused-ring (bicyclic) bond motifs is 1. The Labute approximate surface area is 124 Å². The van der Waals surface area contributed by atoms with Crippen molar-refractivity contribution in [3.05, 3.63) is 41.5 Å². The highest BCUT2D eigenvalue weighted by molar-refractivity contribution is 5.44. The van der Waals surface area contributed by atoms with E-state index in [1.807, 2.05) is 36.6 Å². The van der Waals surface area contributed by atoms with Crippen LogP contribution in [0.2, 0.25) is 0 Å². The van der Waals surface area contributed by atoms with Crippen LogP contribution in [-0.2, 0) is 6.54 Å². The molecule has 2 heterocycles. The molecule has 1 aliphatic heterocycles. The number of aliphatic hydroxyl groups is 1. The first-order chi connectivity index (χ1) is 10.1. The van der Waals surface area contributed by atoms with Crippen molar-refractivity contribution in [2.45, 2.75) is 32.9 Å². The molecular formula is C16H20N2O3. The Kier molecular flexibility index (Phi) is 3.84. The molecule has 0 saturated heterocycles. The molecule has 5 nitrogen and oxygen atoms in total. The van der Waals surface area contributed by atoms with Crippen molar-refractivity contribution in [1.82, 2.24) is 9.55 Å². The fourth-order valence-electron chi connectivity index (χ4n) is 2.41. The highest BCUT2D eigenvalue weighted by Gasteiger charge is 2.16. The maximum Gasteiger partial charge on any atom is 0.161 e. The number of hydrogen-bond donors (Lipinski definition) is 1. The average molecular weight is 288 g/mol. The number of aryl methyl sites for hydroxylation is 1. The van der Waals surface area contributed by atoms with Gasteiger partial charge < -0.3 is 19.1 Å². The van der Waals surface area contributed by atoms with Gasteiger partial charge in [-0.05, 0) is 31.5 Å². The lowest BCUT2D eigenvalue weighted by Crippen LogP contribution is -2.09. The Morgan fingerprint density at radius 1 is 1.24 bits per heavy atom. The summed E-state index contributed by atoms with van der Waals surface area (Å²) < 4.78 is 13.2. The van der Waals surface area contributed by atoms with E-state index in [1.165, 1.54) is 0 Å². The lowest BCUT2D eigenvalue weighted by Gasteiger charge is -2.15. The van der Waals surface area contributed by atoms with Crippen LogP contribution < -0.4 is 9.47 Å². The van der Waals surface area contributed by atoms with Gasteiger partial charge >= 0.3 is 0 Å². The molecule has 1 N–H and O–H groups in total. The number of imidazole rings is 1. The van der Waals surface area contributed by atoms with Crippen LogP contribution in [0.3, 0.4) is 0 Å². The van der Waals surface area contributed by atoms with Gasteiger partial charge in [0.2, 0.25) is 0 Å². The molecule has 0 saturated carbocycles. The molecular weight excluding hydrogens is 268 g/mol. The van der Waals surface area contributed by atoms with Crippen LogP contribution in [-0.4, -0.2) is 27.9 Å². The SMILES string of the molecule is Cc1ncn(CC(O)c2ccc3c(c2)OCCCO3)c1C. The minimum absolute atomic E-state index is 0.478. The molecule has 0 fully saturated rings. The smallest absolute Gasteiger partial charge is 0.161 e. The molecule has 1 aromatic carbocycles. The monoisotopic (exact) mass is 288 g/mol. The summed E-state index contributed by atoms with van der Waals surface area (Å²) in [4.78, 5) is 4.25. The number of nitrogens with zero attached hydrogens (tertiary/aromatic N) is 2. The third kappa shape index (κ3) is 2.88. The van der Waals surface area contributed by atoms with E-state index in [0.717, 1.165) is 29.1 Å². The maximum absolute atomic E-state index is 10.4. The van der Waals surface area contributed by atoms with Gasteiger partial charge in [-0.1, -0.05) is 6.07 Å². The van der Waals surface area contributed by atoms with E-state index in [1.54, 1.807) is 6.33 Å². The van der Waals surface area contributed by atoms with E-state index in [-0.39, 0.29) is 0 Å². The Bertz CT molecular complexity index is 636. The van der Waals surface area contributed by atoms with Crippen molar-refractivity contribution in [2.24, 2.45) is 0 Å². The summed E-state index contributed by atoms with van der Waals surface area (Å²) in [5.74, 6) is 1.46. The van der Waals surface area contributed by atoms with Gasteiger partial charge in [0.1, 0.15) is 0 Å². The first kappa shape index (κ1) is 13.9. The molecule has 1 atom stereocenters. The standard InChI is InChI=1S/C16H20N2O3/c1-11-12(2)18(10-17-11)9-14(19)13-4-5-15-16(8-13)21-7-3-6-20-15/h4-5,8,10,14,19H,3,6-7,9H2,1-2H3. The first-order valence-corrected chi connectivity index (χ1v) is 7.21. The summed E-state index contributed by atoms with van der Waals surface area (Å²) in [7, 11) is 0. The predicted octanol–water partition coefficient (Wildman–Crippen LogP) is 2.39. The van der Waals surface area contributed by atoms with Crippen LogP contribution in [0, 0.1) is 13.8 Å². The van der Waals surface area contributed by atoms with Crippen LogP contribution >= 0.6 is 0 Å². The van der Waals surface area contributed by atoms with E-state index in [0.29, 0.717) is 25.5 Å². The third-order valence-corrected chi connectivity index (χ3v) is 3.87. The van der Waals surface area contributed by atoms with Crippen molar-refractivity contribution in [2.75, 3.05) is 13.2 Å². The molecule has 0 amide bonds. The second-order valence-corrected chi connectivity index (χ2v) is 5.34. The molecule has 1 unspecified atom stereocenters. The predicted molar refractivity (Wildman–Crippen MR) is 78.7 cm³/mol. The first-order valence-electron chi connectivity index (χ1n) is 7.21. The molecule has 3 rings (SSSR count). The number of benzene rings is 1. The Hall–Kier alpha value is -2.01. The summed E-state index contributed by atoms with van der Waals surface area (Å²) in [6, 6.07) is 5.62. The minimum atomic E-state index is -0.602. The fourth-order valence-corrected chi connectivity index (χ4v) is 2.41. The van der Waals surface area contributed by atoms with Gasteiger partial charge in [0.25, 0.3) is 0 Å². The highest BCUT2D eigenvalue weighted by Crippen LogP contribution is 2.32. The summed E-state index contributed by atoms with van der Waals surface area (Å²) in [5, 5.41) is 10.4. The highest BCUT2D eigenvalue weighted by atomic mass is 16.5. The molecule has 0 aliphatic carbocycles. The molecule has 1 aromatic heterocycles. The molecule has 1 aliphatic rings. The summed E-state index contributed by atoms with van der Waals surface area (Å²) >= 11 is 0. The van der Waals surface area contributed by atoms with Gasteiger partial charge in [-0.3, -0.25) is 0 Å². The largest absolute Gasteiger partial charge is 0.490 e. The van der Waals surface area contributed by atoms with Gasteiger partial charge in [-0.2, -0.15) is 0 Å². The molecule has 21 heavy (non-hydrogen) atoms. The number of rotatable bonds is 3. The van der Waals surface area contributed by atoms with Crippen LogP contribution in [0.1, 0.15) is 29.5 Å². The van der Waals surface area contributed by atoms with Crippen LogP contribution in [0.25, 0.3) is 0 Å². The molecule has 112 valence electrons. The second kappa shape index (κ2) is 5.77. The fraction of sp³-hybridized carbons (Fsp3) is 0.438. The summed E-state index contributed by atoms with van der Waals surface area (Å²) in [5.41, 5.74) is 2.88. The molecule has 0 spiro atoms. The Morgan fingerprint density at radius 2 is 2.00 bits per heavy atom. The Morgan fingerprint density at radius 3 is 2.71 bits per heavy atom. The van der Waals surface area contributed by atoms with Gasteiger partial charge in [-0.25, -0.2) is 4.98 Å². The lowest BCUT2D eigenvalue weighted by molar-refractivity contribution is 0.155.